The van der Waals surface area contributed by atoms with Crippen molar-refractivity contribution >= 4 is 0 Å². The summed E-state index contributed by atoms with van der Waals surface area (Å²) in [6.45, 7) is 8.75. The summed E-state index contributed by atoms with van der Waals surface area (Å²) in [5.41, 5.74) is 12.0. The number of hydrogen-bond acceptors (Lipinski definition) is 2. The number of nitrogens with zero attached hydrogens (tertiary/aromatic N) is 1. The van der Waals surface area contributed by atoms with Gasteiger partial charge in [0.05, 0.1) is 0 Å². The zero-order chi connectivity index (χ0) is 12.6. The van der Waals surface area contributed by atoms with Crippen molar-refractivity contribution in [2.24, 2.45) is 5.73 Å². The van der Waals surface area contributed by atoms with Crippen molar-refractivity contribution in [3.63, 3.8) is 0 Å². The minimum atomic E-state index is -0.117. The molecule has 0 spiro atoms. The Morgan fingerprint density at radius 2 is 1.53 bits per heavy atom. The van der Waals surface area contributed by atoms with E-state index in [0.29, 0.717) is 0 Å². The van der Waals surface area contributed by atoms with Crippen LogP contribution in [0.25, 0.3) is 0 Å². The second-order valence-corrected chi connectivity index (χ2v) is 5.73. The van der Waals surface area contributed by atoms with Gasteiger partial charge in [-0.25, -0.2) is 0 Å². The first-order valence-corrected chi connectivity index (χ1v) is 6.48. The van der Waals surface area contributed by atoms with E-state index >= 15 is 0 Å². The van der Waals surface area contributed by atoms with Gasteiger partial charge < -0.3 is 10.6 Å². The summed E-state index contributed by atoms with van der Waals surface area (Å²) < 4.78 is 0. The van der Waals surface area contributed by atoms with Crippen molar-refractivity contribution in [2.45, 2.75) is 39.2 Å². The molecule has 0 aromatic heterocycles. The Balaban J connectivity index is 2.39. The number of piperidine rings is 1. The van der Waals surface area contributed by atoms with Gasteiger partial charge in [-0.15, -0.1) is 0 Å². The topological polar surface area (TPSA) is 29.3 Å². The molecule has 0 aliphatic carbocycles. The van der Waals surface area contributed by atoms with Crippen LogP contribution in [-0.4, -0.2) is 25.0 Å². The number of likely N-dealkylation sites (tertiary alicyclic amines) is 1. The molecule has 2 heteroatoms. The zero-order valence-corrected chi connectivity index (χ0v) is 11.5. The van der Waals surface area contributed by atoms with Crippen molar-refractivity contribution < 1.29 is 0 Å². The fourth-order valence-corrected chi connectivity index (χ4v) is 3.23. The molecule has 1 fully saturated rings. The van der Waals surface area contributed by atoms with Gasteiger partial charge in [0.25, 0.3) is 0 Å². The molecule has 0 unspecified atom stereocenters. The van der Waals surface area contributed by atoms with E-state index in [1.807, 2.05) is 0 Å². The number of aryl methyl sites for hydroxylation is 3. The summed E-state index contributed by atoms with van der Waals surface area (Å²) >= 11 is 0. The molecule has 1 saturated heterocycles. The molecule has 1 heterocycles. The maximum absolute atomic E-state index is 6.67. The fraction of sp³-hybridized carbons (Fsp3) is 0.600. The lowest BCUT2D eigenvalue weighted by atomic mass is 9.77. The Morgan fingerprint density at radius 3 is 2.00 bits per heavy atom. The van der Waals surface area contributed by atoms with Crippen LogP contribution in [0.3, 0.4) is 0 Å². The first-order chi connectivity index (χ1) is 7.92. The lowest BCUT2D eigenvalue weighted by Crippen LogP contribution is -2.47. The third-order valence-electron chi connectivity index (χ3n) is 4.05. The van der Waals surface area contributed by atoms with Crippen molar-refractivity contribution in [3.05, 3.63) is 34.4 Å². The molecular weight excluding hydrogens is 208 g/mol. The number of hydrogen-bond donors (Lipinski definition) is 1. The van der Waals surface area contributed by atoms with Gasteiger partial charge in [0.2, 0.25) is 0 Å². The number of rotatable bonds is 1. The molecule has 94 valence electrons. The van der Waals surface area contributed by atoms with E-state index in [4.69, 9.17) is 5.73 Å². The molecule has 2 rings (SSSR count). The third-order valence-corrected chi connectivity index (χ3v) is 4.05. The molecule has 1 aromatic rings. The molecule has 2 N–H and O–H groups in total. The maximum atomic E-state index is 6.67. The molecule has 1 aliphatic rings. The lowest BCUT2D eigenvalue weighted by molar-refractivity contribution is 0.190. The molecule has 1 aromatic carbocycles. The van der Waals surface area contributed by atoms with Crippen molar-refractivity contribution in [1.82, 2.24) is 4.90 Å². The van der Waals surface area contributed by atoms with Gasteiger partial charge >= 0.3 is 0 Å². The summed E-state index contributed by atoms with van der Waals surface area (Å²) in [6.07, 6.45) is 2.13. The van der Waals surface area contributed by atoms with E-state index in [-0.39, 0.29) is 5.54 Å². The molecule has 0 amide bonds. The summed E-state index contributed by atoms with van der Waals surface area (Å²) in [6, 6.07) is 4.52. The van der Waals surface area contributed by atoms with E-state index in [1.54, 1.807) is 0 Å². The predicted octanol–water partition coefficient (Wildman–Crippen LogP) is 2.49. The van der Waals surface area contributed by atoms with E-state index in [9.17, 15) is 0 Å². The smallest absolute Gasteiger partial charge is 0.0439 e. The van der Waals surface area contributed by atoms with Gasteiger partial charge in [0, 0.05) is 5.54 Å². The molecule has 0 atom stereocenters. The Morgan fingerprint density at radius 1 is 1.06 bits per heavy atom. The van der Waals surface area contributed by atoms with Gasteiger partial charge in [0.1, 0.15) is 0 Å². The summed E-state index contributed by atoms with van der Waals surface area (Å²) in [5.74, 6) is 0. The van der Waals surface area contributed by atoms with E-state index in [1.165, 1.54) is 22.3 Å². The average Bonchev–Trinajstić information content (AvgIpc) is 2.21. The second kappa shape index (κ2) is 4.43. The fourth-order valence-electron chi connectivity index (χ4n) is 3.23. The van der Waals surface area contributed by atoms with Crippen LogP contribution in [0, 0.1) is 20.8 Å². The van der Waals surface area contributed by atoms with Crippen LogP contribution in [0.4, 0.5) is 0 Å². The number of nitrogens with two attached hydrogens (primary N) is 1. The summed E-state index contributed by atoms with van der Waals surface area (Å²) in [5, 5.41) is 0. The maximum Gasteiger partial charge on any atom is 0.0439 e. The Kier molecular flexibility index (Phi) is 3.28. The van der Waals surface area contributed by atoms with Crippen LogP contribution in [0.1, 0.15) is 35.1 Å². The molecule has 0 radical (unpaired) electrons. The van der Waals surface area contributed by atoms with Crippen molar-refractivity contribution in [1.29, 1.82) is 0 Å². The third kappa shape index (κ3) is 2.38. The summed E-state index contributed by atoms with van der Waals surface area (Å²) in [7, 11) is 2.18. The molecule has 0 saturated carbocycles. The van der Waals surface area contributed by atoms with Crippen LogP contribution in [-0.2, 0) is 5.54 Å². The van der Waals surface area contributed by atoms with E-state index < -0.39 is 0 Å². The first-order valence-electron chi connectivity index (χ1n) is 6.48. The molecule has 17 heavy (non-hydrogen) atoms. The van der Waals surface area contributed by atoms with Crippen LogP contribution >= 0.6 is 0 Å². The van der Waals surface area contributed by atoms with Crippen molar-refractivity contribution in [3.8, 4) is 0 Å². The lowest BCUT2D eigenvalue weighted by Gasteiger charge is -2.40. The summed E-state index contributed by atoms with van der Waals surface area (Å²) in [4.78, 5) is 2.37. The van der Waals surface area contributed by atoms with Gasteiger partial charge in [-0.3, -0.25) is 0 Å². The monoisotopic (exact) mass is 232 g/mol. The van der Waals surface area contributed by atoms with Crippen LogP contribution < -0.4 is 5.73 Å². The minimum Gasteiger partial charge on any atom is -0.321 e. The van der Waals surface area contributed by atoms with Gasteiger partial charge in [0.15, 0.2) is 0 Å². The normalized spacial score (nSPS) is 20.5. The molecular formula is C15H24N2. The van der Waals surface area contributed by atoms with E-state index in [0.717, 1.165) is 25.9 Å². The highest BCUT2D eigenvalue weighted by molar-refractivity contribution is 5.42. The highest BCUT2D eigenvalue weighted by Crippen LogP contribution is 2.34. The SMILES string of the molecule is Cc1cc(C)c(C2(N)CCN(C)CC2)c(C)c1. The number of benzene rings is 1. The second-order valence-electron chi connectivity index (χ2n) is 5.73. The quantitative estimate of drug-likeness (QED) is 0.806. The van der Waals surface area contributed by atoms with Crippen LogP contribution in [0.15, 0.2) is 12.1 Å². The Labute approximate surface area is 105 Å². The Hall–Kier alpha value is -0.860. The molecule has 2 nitrogen and oxygen atoms in total. The van der Waals surface area contributed by atoms with E-state index in [2.05, 4.69) is 44.9 Å². The van der Waals surface area contributed by atoms with Crippen LogP contribution in [0.5, 0.6) is 0 Å². The average molecular weight is 232 g/mol. The largest absolute Gasteiger partial charge is 0.321 e. The first kappa shape index (κ1) is 12.6. The zero-order valence-electron chi connectivity index (χ0n) is 11.5. The van der Waals surface area contributed by atoms with Gasteiger partial charge in [-0.1, -0.05) is 17.7 Å². The van der Waals surface area contributed by atoms with Gasteiger partial charge in [-0.2, -0.15) is 0 Å². The van der Waals surface area contributed by atoms with Gasteiger partial charge in [-0.05, 0) is 70.4 Å². The minimum absolute atomic E-state index is 0.117. The predicted molar refractivity (Wildman–Crippen MR) is 73.2 cm³/mol. The van der Waals surface area contributed by atoms with Crippen molar-refractivity contribution in [2.75, 3.05) is 20.1 Å². The highest BCUT2D eigenvalue weighted by atomic mass is 15.1. The Bertz CT molecular complexity index is 392. The molecule has 0 bridgehead atoms. The standard InChI is InChI=1S/C15H24N2/c1-11-9-12(2)14(13(3)10-11)15(16)5-7-17(4)8-6-15/h9-10H,5-8,16H2,1-4H3. The highest BCUT2D eigenvalue weighted by Gasteiger charge is 2.33. The molecule has 1 aliphatic heterocycles. The van der Waals surface area contributed by atoms with Crippen LogP contribution in [0.2, 0.25) is 0 Å².